The Hall–Kier alpha value is -1.10. The normalized spacial score (nSPS) is 24.7. The molecule has 24 heavy (non-hydrogen) atoms. The lowest BCUT2D eigenvalue weighted by Crippen LogP contribution is -2.38. The number of hydrogen-bond donors (Lipinski definition) is 0. The third-order valence-corrected chi connectivity index (χ3v) is 4.84. The number of carbonyl (C=O) groups excluding carboxylic acids is 2. The van der Waals surface area contributed by atoms with Gasteiger partial charge < -0.3 is 14.2 Å². The van der Waals surface area contributed by atoms with E-state index in [1.165, 1.54) is 13.5 Å². The molecule has 0 radical (unpaired) electrons. The summed E-state index contributed by atoms with van der Waals surface area (Å²) in [6, 6.07) is 0. The monoisotopic (exact) mass is 342 g/mol. The number of rotatable bonds is 8. The Bertz CT molecular complexity index is 416. The molecule has 0 aromatic carbocycles. The smallest absolute Gasteiger partial charge is 0.308 e. The maximum atomic E-state index is 12.4. The fraction of sp³-hybridized carbons (Fsp3) is 0.895. The average Bonchev–Trinajstić information content (AvgIpc) is 2.45. The van der Waals surface area contributed by atoms with E-state index >= 15 is 0 Å². The molecule has 0 spiro atoms. The molecule has 1 aliphatic carbocycles. The van der Waals surface area contributed by atoms with Gasteiger partial charge in [0.15, 0.2) is 0 Å². The van der Waals surface area contributed by atoms with Gasteiger partial charge in [0.1, 0.15) is 6.10 Å². The van der Waals surface area contributed by atoms with Gasteiger partial charge in [0.2, 0.25) is 0 Å². The predicted molar refractivity (Wildman–Crippen MR) is 92.5 cm³/mol. The second-order valence-electron chi connectivity index (χ2n) is 7.97. The summed E-state index contributed by atoms with van der Waals surface area (Å²) in [6.07, 6.45) is 3.65. The van der Waals surface area contributed by atoms with Crippen LogP contribution >= 0.6 is 0 Å². The molecular weight excluding hydrogens is 308 g/mol. The van der Waals surface area contributed by atoms with Crippen molar-refractivity contribution in [2.75, 3.05) is 13.7 Å². The van der Waals surface area contributed by atoms with Gasteiger partial charge in [0, 0.05) is 0 Å². The number of carbonyl (C=O) groups is 2. The summed E-state index contributed by atoms with van der Waals surface area (Å²) in [4.78, 5) is 23.5. The first-order chi connectivity index (χ1) is 11.1. The van der Waals surface area contributed by atoms with E-state index in [-0.39, 0.29) is 37.5 Å². The lowest BCUT2D eigenvalue weighted by atomic mass is 9.75. The first-order valence-electron chi connectivity index (χ1n) is 9.05. The molecule has 0 N–H and O–H groups in total. The molecule has 5 heteroatoms. The van der Waals surface area contributed by atoms with Gasteiger partial charge in [-0.1, -0.05) is 27.2 Å². The number of esters is 2. The molecule has 0 heterocycles. The summed E-state index contributed by atoms with van der Waals surface area (Å²) < 4.78 is 16.0. The third kappa shape index (κ3) is 7.20. The van der Waals surface area contributed by atoms with Crippen LogP contribution in [0.15, 0.2) is 0 Å². The van der Waals surface area contributed by atoms with Gasteiger partial charge in [-0.2, -0.15) is 0 Å². The minimum Gasteiger partial charge on any atom is -0.469 e. The van der Waals surface area contributed by atoms with Crippen LogP contribution in [0.4, 0.5) is 0 Å². The molecule has 0 aromatic rings. The van der Waals surface area contributed by atoms with E-state index in [0.29, 0.717) is 17.8 Å². The lowest BCUT2D eigenvalue weighted by molar-refractivity contribution is -0.162. The van der Waals surface area contributed by atoms with E-state index in [1.807, 2.05) is 13.8 Å². The van der Waals surface area contributed by atoms with Crippen molar-refractivity contribution in [2.45, 2.75) is 78.4 Å². The van der Waals surface area contributed by atoms with Gasteiger partial charge in [-0.05, 0) is 44.4 Å². The van der Waals surface area contributed by atoms with Crippen LogP contribution in [0.5, 0.6) is 0 Å². The molecule has 1 saturated carbocycles. The van der Waals surface area contributed by atoms with Gasteiger partial charge in [0.25, 0.3) is 0 Å². The summed E-state index contributed by atoms with van der Waals surface area (Å²) in [5.41, 5.74) is -0.654. The van der Waals surface area contributed by atoms with Crippen LogP contribution < -0.4 is 0 Å². The molecule has 0 bridgehead atoms. The Balaban J connectivity index is 2.48. The molecule has 0 aromatic heterocycles. The molecule has 0 saturated heterocycles. The second-order valence-corrected chi connectivity index (χ2v) is 7.97. The quantitative estimate of drug-likeness (QED) is 0.629. The van der Waals surface area contributed by atoms with E-state index in [9.17, 15) is 9.59 Å². The van der Waals surface area contributed by atoms with E-state index in [1.54, 1.807) is 0 Å². The minimum atomic E-state index is -0.654. The Morgan fingerprint density at radius 2 is 1.83 bits per heavy atom. The van der Waals surface area contributed by atoms with Crippen LogP contribution in [0.25, 0.3) is 0 Å². The fourth-order valence-electron chi connectivity index (χ4n) is 3.37. The molecular formula is C19H34O5. The highest BCUT2D eigenvalue weighted by molar-refractivity contribution is 5.71. The van der Waals surface area contributed by atoms with Gasteiger partial charge in [0.05, 0.1) is 32.2 Å². The molecule has 1 fully saturated rings. The largest absolute Gasteiger partial charge is 0.469 e. The van der Waals surface area contributed by atoms with Crippen LogP contribution in [0, 0.1) is 17.8 Å². The number of methoxy groups -OCH3 is 1. The highest BCUT2D eigenvalue weighted by Gasteiger charge is 2.34. The van der Waals surface area contributed by atoms with Gasteiger partial charge in [-0.3, -0.25) is 9.59 Å². The molecule has 0 amide bonds. The van der Waals surface area contributed by atoms with Gasteiger partial charge in [-0.25, -0.2) is 0 Å². The Labute approximate surface area is 146 Å². The molecule has 5 nitrogen and oxygen atoms in total. The van der Waals surface area contributed by atoms with Crippen molar-refractivity contribution in [3.63, 3.8) is 0 Å². The van der Waals surface area contributed by atoms with Crippen LogP contribution in [-0.2, 0) is 23.8 Å². The van der Waals surface area contributed by atoms with Crippen molar-refractivity contribution in [1.82, 2.24) is 0 Å². The first kappa shape index (κ1) is 20.9. The van der Waals surface area contributed by atoms with Crippen molar-refractivity contribution in [3.05, 3.63) is 0 Å². The molecule has 2 unspecified atom stereocenters. The van der Waals surface area contributed by atoms with Crippen LogP contribution in [0.1, 0.15) is 66.7 Å². The van der Waals surface area contributed by atoms with Gasteiger partial charge in [-0.15, -0.1) is 0 Å². The first-order valence-corrected chi connectivity index (χ1v) is 9.05. The zero-order valence-corrected chi connectivity index (χ0v) is 16.1. The Morgan fingerprint density at radius 3 is 2.42 bits per heavy atom. The summed E-state index contributed by atoms with van der Waals surface area (Å²) in [6.45, 7) is 10.5. The van der Waals surface area contributed by atoms with Crippen LogP contribution in [0.2, 0.25) is 0 Å². The van der Waals surface area contributed by atoms with Gasteiger partial charge >= 0.3 is 11.9 Å². The standard InChI is InChI=1S/C19H34O5/c1-13(2)15-8-7-14(3)11-16(15)24-18(21)12-19(4,5)23-10-9-17(20)22-6/h13-16H,7-12H2,1-6H3/t14?,15-,16?/m1/s1. The molecule has 0 aliphatic heterocycles. The fourth-order valence-corrected chi connectivity index (χ4v) is 3.37. The van der Waals surface area contributed by atoms with Crippen molar-refractivity contribution >= 4 is 11.9 Å². The maximum absolute atomic E-state index is 12.4. The second kappa shape index (κ2) is 9.40. The third-order valence-electron chi connectivity index (χ3n) is 4.84. The van der Waals surface area contributed by atoms with Crippen molar-refractivity contribution in [3.8, 4) is 0 Å². The van der Waals surface area contributed by atoms with Crippen LogP contribution in [-0.4, -0.2) is 37.4 Å². The zero-order chi connectivity index (χ0) is 18.3. The zero-order valence-electron chi connectivity index (χ0n) is 16.1. The number of ether oxygens (including phenoxy) is 3. The summed E-state index contributed by atoms with van der Waals surface area (Å²) >= 11 is 0. The Morgan fingerprint density at radius 1 is 1.17 bits per heavy atom. The van der Waals surface area contributed by atoms with Crippen molar-refractivity contribution < 1.29 is 23.8 Å². The average molecular weight is 342 g/mol. The Kier molecular flexibility index (Phi) is 8.20. The SMILES string of the molecule is COC(=O)CCOC(C)(C)CC(=O)OC1CC(C)CC[C@@H]1C(C)C. The molecule has 1 aliphatic rings. The summed E-state index contributed by atoms with van der Waals surface area (Å²) in [5, 5.41) is 0. The molecule has 1 rings (SSSR count). The highest BCUT2D eigenvalue weighted by atomic mass is 16.6. The van der Waals surface area contributed by atoms with Crippen molar-refractivity contribution in [1.29, 1.82) is 0 Å². The molecule has 140 valence electrons. The van der Waals surface area contributed by atoms with E-state index in [4.69, 9.17) is 9.47 Å². The summed E-state index contributed by atoms with van der Waals surface area (Å²) in [5.74, 6) is 1.02. The maximum Gasteiger partial charge on any atom is 0.308 e. The lowest BCUT2D eigenvalue weighted by Gasteiger charge is -2.37. The van der Waals surface area contributed by atoms with E-state index < -0.39 is 5.60 Å². The van der Waals surface area contributed by atoms with Crippen LogP contribution in [0.3, 0.4) is 0 Å². The topological polar surface area (TPSA) is 61.8 Å². The number of hydrogen-bond acceptors (Lipinski definition) is 5. The predicted octanol–water partition coefficient (Wildman–Crippen LogP) is 3.74. The highest BCUT2D eigenvalue weighted by Crippen LogP contribution is 2.35. The van der Waals surface area contributed by atoms with E-state index in [0.717, 1.165) is 12.8 Å². The molecule has 3 atom stereocenters. The summed E-state index contributed by atoms with van der Waals surface area (Å²) in [7, 11) is 1.35. The van der Waals surface area contributed by atoms with E-state index in [2.05, 4.69) is 25.5 Å². The minimum absolute atomic E-state index is 0.00659. The van der Waals surface area contributed by atoms with Crippen molar-refractivity contribution in [2.24, 2.45) is 17.8 Å².